The van der Waals surface area contributed by atoms with Crippen LogP contribution in [0, 0.1) is 0 Å². The molecule has 0 unspecified atom stereocenters. The second kappa shape index (κ2) is 4.77. The average Bonchev–Trinajstić information content (AvgIpc) is 2.12. The van der Waals surface area contributed by atoms with Gasteiger partial charge in [0.1, 0.15) is 12.1 Å². The molecule has 0 aliphatic rings. The molecule has 0 aromatic carbocycles. The summed E-state index contributed by atoms with van der Waals surface area (Å²) < 4.78 is 36.1. The van der Waals surface area contributed by atoms with Crippen LogP contribution in [-0.2, 0) is 11.2 Å². The number of alkyl halides is 3. The Morgan fingerprint density at radius 3 is 2.69 bits per heavy atom. The highest BCUT2D eigenvalue weighted by Crippen LogP contribution is 2.20. The Hall–Kier alpha value is -1.86. The number of rotatable bonds is 4. The summed E-state index contributed by atoms with van der Waals surface area (Å²) >= 11 is 0. The molecule has 88 valence electrons. The van der Waals surface area contributed by atoms with Crippen molar-refractivity contribution in [2.24, 2.45) is 5.73 Å². The van der Waals surface area contributed by atoms with Crippen LogP contribution in [0.3, 0.4) is 0 Å². The molecule has 0 atom stereocenters. The quantitative estimate of drug-likeness (QED) is 0.793. The van der Waals surface area contributed by atoms with Gasteiger partial charge in [0.2, 0.25) is 5.91 Å². The van der Waals surface area contributed by atoms with Crippen molar-refractivity contribution in [3.05, 3.63) is 18.1 Å². The summed E-state index contributed by atoms with van der Waals surface area (Å²) in [7, 11) is 0. The molecular weight excluding hydrogens is 225 g/mol. The number of amides is 1. The smallest absolute Gasteiger partial charge is 0.368 e. The molecule has 1 rings (SSSR count). The third kappa shape index (κ3) is 4.58. The lowest BCUT2D eigenvalue weighted by Gasteiger charge is -2.07. The van der Waals surface area contributed by atoms with Crippen molar-refractivity contribution in [1.29, 1.82) is 0 Å². The van der Waals surface area contributed by atoms with Crippen molar-refractivity contribution in [3.63, 3.8) is 0 Å². The predicted molar refractivity (Wildman–Crippen MR) is 49.5 cm³/mol. The fraction of sp³-hybridized carbons (Fsp3) is 0.375. The molecule has 0 spiro atoms. The highest BCUT2D eigenvalue weighted by atomic mass is 19.4. The van der Waals surface area contributed by atoms with Crippen molar-refractivity contribution in [3.8, 4) is 0 Å². The lowest BCUT2D eigenvalue weighted by molar-refractivity contribution is -0.127. The Kier molecular flexibility index (Phi) is 3.64. The fourth-order valence-electron chi connectivity index (χ4n) is 0.974. The minimum atomic E-state index is -4.32. The second-order valence-electron chi connectivity index (χ2n) is 3.01. The summed E-state index contributed by atoms with van der Waals surface area (Å²) in [5.74, 6) is -0.496. The lowest BCUT2D eigenvalue weighted by Crippen LogP contribution is -2.22. The van der Waals surface area contributed by atoms with E-state index in [1.54, 1.807) is 0 Å². The largest absolute Gasteiger partial charge is 0.394 e. The fourth-order valence-corrected chi connectivity index (χ4v) is 0.974. The molecule has 0 aliphatic heterocycles. The second-order valence-corrected chi connectivity index (χ2v) is 3.01. The van der Waals surface area contributed by atoms with Crippen LogP contribution in [0.5, 0.6) is 0 Å². The number of nitrogens with zero attached hydrogens (tertiary/aromatic N) is 2. The summed E-state index contributed by atoms with van der Waals surface area (Å²) in [6, 6.07) is 1.12. The molecule has 1 amide bonds. The summed E-state index contributed by atoms with van der Waals surface area (Å²) in [5.41, 5.74) is 4.68. The van der Waals surface area contributed by atoms with Crippen molar-refractivity contribution in [2.45, 2.75) is 12.6 Å². The number of primary amides is 1. The van der Waals surface area contributed by atoms with E-state index in [4.69, 9.17) is 5.73 Å². The maximum Gasteiger partial charge on any atom is 0.394 e. The number of hydrogen-bond donors (Lipinski definition) is 2. The highest BCUT2D eigenvalue weighted by Gasteiger charge is 2.28. The first-order valence-corrected chi connectivity index (χ1v) is 4.26. The van der Waals surface area contributed by atoms with Crippen molar-refractivity contribution in [1.82, 2.24) is 9.97 Å². The molecule has 0 fully saturated rings. The molecule has 0 radical (unpaired) electrons. The zero-order valence-corrected chi connectivity index (χ0v) is 8.08. The van der Waals surface area contributed by atoms with Crippen molar-refractivity contribution in [2.75, 3.05) is 11.9 Å². The van der Waals surface area contributed by atoms with Crippen LogP contribution < -0.4 is 11.1 Å². The predicted octanol–water partition coefficient (Wildman–Crippen LogP) is 0.479. The first-order chi connectivity index (χ1) is 7.37. The minimum Gasteiger partial charge on any atom is -0.368 e. The third-order valence-corrected chi connectivity index (χ3v) is 1.55. The maximum absolute atomic E-state index is 12.0. The van der Waals surface area contributed by atoms with Crippen LogP contribution in [0.15, 0.2) is 12.4 Å². The Morgan fingerprint density at radius 2 is 2.12 bits per heavy atom. The molecule has 0 bridgehead atoms. The molecule has 8 heteroatoms. The molecule has 0 saturated carbocycles. The van der Waals surface area contributed by atoms with E-state index in [1.165, 1.54) is 0 Å². The van der Waals surface area contributed by atoms with Crippen LogP contribution in [0.2, 0.25) is 0 Å². The van der Waals surface area contributed by atoms with Gasteiger partial charge in [-0.05, 0) is 0 Å². The molecule has 1 heterocycles. The number of carbonyl (C=O) groups is 1. The number of hydrogen-bond acceptors (Lipinski definition) is 4. The van der Waals surface area contributed by atoms with Gasteiger partial charge in [0.25, 0.3) is 0 Å². The van der Waals surface area contributed by atoms with E-state index in [0.29, 0.717) is 0 Å². The number of nitrogens with two attached hydrogens (primary N) is 1. The first kappa shape index (κ1) is 12.2. The SMILES string of the molecule is NC(=O)CNc1cc(CC(F)(F)F)ncn1. The highest BCUT2D eigenvalue weighted by molar-refractivity contribution is 5.78. The third-order valence-electron chi connectivity index (χ3n) is 1.55. The summed E-state index contributed by atoms with van der Waals surface area (Å²) in [5, 5.41) is 2.48. The molecule has 16 heavy (non-hydrogen) atoms. The number of carbonyl (C=O) groups excluding carboxylic acids is 1. The van der Waals surface area contributed by atoms with Crippen LogP contribution in [-0.4, -0.2) is 28.6 Å². The van der Waals surface area contributed by atoms with Crippen molar-refractivity contribution >= 4 is 11.7 Å². The first-order valence-electron chi connectivity index (χ1n) is 4.26. The Balaban J connectivity index is 2.67. The van der Waals surface area contributed by atoms with Crippen molar-refractivity contribution < 1.29 is 18.0 Å². The van der Waals surface area contributed by atoms with Gasteiger partial charge < -0.3 is 11.1 Å². The topological polar surface area (TPSA) is 80.9 Å². The summed E-state index contributed by atoms with van der Waals surface area (Å²) in [6.07, 6.45) is -4.47. The monoisotopic (exact) mass is 234 g/mol. The molecular formula is C8H9F3N4O. The molecule has 0 saturated heterocycles. The number of nitrogens with one attached hydrogen (secondary N) is 1. The van der Waals surface area contributed by atoms with Crippen LogP contribution in [0.1, 0.15) is 5.69 Å². The van der Waals surface area contributed by atoms with Gasteiger partial charge in [0.15, 0.2) is 0 Å². The number of halogens is 3. The van der Waals surface area contributed by atoms with E-state index in [1.807, 2.05) is 0 Å². The molecule has 3 N–H and O–H groups in total. The molecule has 0 aliphatic carbocycles. The molecule has 5 nitrogen and oxygen atoms in total. The van der Waals surface area contributed by atoms with Gasteiger partial charge in [0, 0.05) is 6.07 Å². The number of aromatic nitrogens is 2. The maximum atomic E-state index is 12.0. The van der Waals surface area contributed by atoms with Gasteiger partial charge in [0.05, 0.1) is 18.7 Å². The normalized spacial score (nSPS) is 11.2. The van der Waals surface area contributed by atoms with E-state index in [0.717, 1.165) is 12.4 Å². The van der Waals surface area contributed by atoms with Gasteiger partial charge in [-0.15, -0.1) is 0 Å². The van der Waals surface area contributed by atoms with E-state index in [2.05, 4.69) is 15.3 Å². The minimum absolute atomic E-state index is 0.132. The summed E-state index contributed by atoms with van der Waals surface area (Å²) in [6.45, 7) is -0.192. The van der Waals surface area contributed by atoms with E-state index in [9.17, 15) is 18.0 Å². The average molecular weight is 234 g/mol. The van der Waals surface area contributed by atoms with Gasteiger partial charge in [-0.1, -0.05) is 0 Å². The van der Waals surface area contributed by atoms with E-state index < -0.39 is 18.5 Å². The van der Waals surface area contributed by atoms with Crippen LogP contribution in [0.25, 0.3) is 0 Å². The van der Waals surface area contributed by atoms with Gasteiger partial charge in [-0.25, -0.2) is 9.97 Å². The Bertz CT molecular complexity index is 380. The van der Waals surface area contributed by atoms with Gasteiger partial charge in [-0.2, -0.15) is 13.2 Å². The van der Waals surface area contributed by atoms with E-state index >= 15 is 0 Å². The lowest BCUT2D eigenvalue weighted by atomic mass is 10.3. The summed E-state index contributed by atoms with van der Waals surface area (Å²) in [4.78, 5) is 17.5. The van der Waals surface area contributed by atoms with Gasteiger partial charge >= 0.3 is 6.18 Å². The van der Waals surface area contributed by atoms with E-state index in [-0.39, 0.29) is 18.1 Å². The number of anilines is 1. The molecule has 1 aromatic heterocycles. The van der Waals surface area contributed by atoms with Gasteiger partial charge in [-0.3, -0.25) is 4.79 Å². The zero-order chi connectivity index (χ0) is 12.2. The Labute approximate surface area is 88.9 Å². The van der Waals surface area contributed by atoms with Crippen LogP contribution >= 0.6 is 0 Å². The standard InChI is InChI=1S/C8H9F3N4O/c9-8(10,11)2-5-1-7(15-4-14-5)13-3-6(12)16/h1,4H,2-3H2,(H2,12,16)(H,13,14,15). The zero-order valence-electron chi connectivity index (χ0n) is 8.08. The van der Waals surface area contributed by atoms with Crippen LogP contribution in [0.4, 0.5) is 19.0 Å². The molecule has 1 aromatic rings. The Morgan fingerprint density at radius 1 is 1.44 bits per heavy atom.